The molecule has 0 amide bonds. The lowest BCUT2D eigenvalue weighted by atomic mass is 10.0. The first-order chi connectivity index (χ1) is 12.0. The van der Waals surface area contributed by atoms with Crippen molar-refractivity contribution in [2.45, 2.75) is 18.7 Å². The molecule has 4 rings (SSSR count). The van der Waals surface area contributed by atoms with Crippen molar-refractivity contribution in [3.63, 3.8) is 0 Å². The van der Waals surface area contributed by atoms with Crippen LogP contribution < -0.4 is 4.31 Å². The summed E-state index contributed by atoms with van der Waals surface area (Å²) in [4.78, 5) is 1.02. The average molecular weight is 373 g/mol. The summed E-state index contributed by atoms with van der Waals surface area (Å²) in [6.45, 7) is 2.29. The van der Waals surface area contributed by atoms with E-state index < -0.39 is 15.3 Å². The SMILES string of the molecule is COC1=CC(C)C(S(=O)(=O)N2Cc3ccccc3-c3sccc32)C=C1. The first-order valence-corrected chi connectivity index (χ1v) is 10.5. The number of thiophene rings is 1. The molecule has 1 aromatic heterocycles. The monoisotopic (exact) mass is 373 g/mol. The topological polar surface area (TPSA) is 46.6 Å². The van der Waals surface area contributed by atoms with Crippen LogP contribution in [0.2, 0.25) is 0 Å². The second kappa shape index (κ2) is 6.04. The fraction of sp³-hybridized carbons (Fsp3) is 0.263. The summed E-state index contributed by atoms with van der Waals surface area (Å²) in [5.74, 6) is 0.559. The predicted octanol–water partition coefficient (Wildman–Crippen LogP) is 4.17. The Morgan fingerprint density at radius 1 is 1.24 bits per heavy atom. The van der Waals surface area contributed by atoms with Crippen LogP contribution >= 0.6 is 11.3 Å². The Hall–Kier alpha value is -2.05. The number of rotatable bonds is 3. The van der Waals surface area contributed by atoms with Crippen molar-refractivity contribution in [3.8, 4) is 10.4 Å². The highest BCUT2D eigenvalue weighted by Crippen LogP contribution is 2.45. The molecule has 0 radical (unpaired) electrons. The minimum atomic E-state index is -3.54. The van der Waals surface area contributed by atoms with Gasteiger partial charge >= 0.3 is 0 Å². The average Bonchev–Trinajstić information content (AvgIpc) is 3.10. The molecule has 0 N–H and O–H groups in total. The van der Waals surface area contributed by atoms with E-state index in [-0.39, 0.29) is 5.92 Å². The smallest absolute Gasteiger partial charge is 0.242 e. The van der Waals surface area contributed by atoms with Crippen LogP contribution in [0, 0.1) is 5.92 Å². The van der Waals surface area contributed by atoms with Crippen LogP contribution in [0.1, 0.15) is 12.5 Å². The van der Waals surface area contributed by atoms with Crippen molar-refractivity contribution < 1.29 is 13.2 Å². The second-order valence-electron chi connectivity index (χ2n) is 6.30. The van der Waals surface area contributed by atoms with Gasteiger partial charge < -0.3 is 4.74 Å². The number of benzene rings is 1. The minimum absolute atomic E-state index is 0.149. The molecule has 2 aromatic rings. The lowest BCUT2D eigenvalue weighted by molar-refractivity contribution is 0.300. The second-order valence-corrected chi connectivity index (χ2v) is 9.23. The number of fused-ring (bicyclic) bond motifs is 3. The molecule has 0 fully saturated rings. The Kier molecular flexibility index (Phi) is 3.96. The molecule has 1 aliphatic heterocycles. The minimum Gasteiger partial charge on any atom is -0.497 e. The van der Waals surface area contributed by atoms with E-state index in [1.165, 1.54) is 0 Å². The maximum atomic E-state index is 13.4. The standard InChI is InChI=1S/C19H19NO3S2/c1-13-11-15(23-2)7-8-18(13)25(21,22)20-12-14-5-3-4-6-16(14)19-17(20)9-10-24-19/h3-11,13,18H,12H2,1-2H3. The Morgan fingerprint density at radius 2 is 2.04 bits per heavy atom. The third-order valence-electron chi connectivity index (χ3n) is 4.77. The first kappa shape index (κ1) is 16.4. The Morgan fingerprint density at radius 3 is 2.80 bits per heavy atom. The molecule has 1 aromatic carbocycles. The Labute approximate surface area is 152 Å². The maximum absolute atomic E-state index is 13.4. The molecule has 1 aliphatic carbocycles. The number of hydrogen-bond donors (Lipinski definition) is 0. The summed E-state index contributed by atoms with van der Waals surface area (Å²) in [5, 5.41) is 1.36. The molecule has 0 spiro atoms. The van der Waals surface area contributed by atoms with Gasteiger partial charge in [-0.25, -0.2) is 8.42 Å². The van der Waals surface area contributed by atoms with Gasteiger partial charge in [0.2, 0.25) is 10.0 Å². The van der Waals surface area contributed by atoms with Gasteiger partial charge in [-0.1, -0.05) is 37.3 Å². The van der Waals surface area contributed by atoms with Crippen molar-refractivity contribution in [2.75, 3.05) is 11.4 Å². The third-order valence-corrected chi connectivity index (χ3v) is 7.92. The normalized spacial score (nSPS) is 22.2. The lowest BCUT2D eigenvalue weighted by Crippen LogP contribution is -2.42. The Bertz CT molecular complexity index is 972. The van der Waals surface area contributed by atoms with Crippen molar-refractivity contribution in [3.05, 3.63) is 65.3 Å². The van der Waals surface area contributed by atoms with E-state index in [9.17, 15) is 8.42 Å². The van der Waals surface area contributed by atoms with Gasteiger partial charge in [0.25, 0.3) is 0 Å². The van der Waals surface area contributed by atoms with Crippen LogP contribution in [-0.4, -0.2) is 20.8 Å². The quantitative estimate of drug-likeness (QED) is 0.811. The molecule has 2 atom stereocenters. The van der Waals surface area contributed by atoms with Gasteiger partial charge in [0.1, 0.15) is 11.0 Å². The van der Waals surface area contributed by atoms with E-state index in [0.29, 0.717) is 12.3 Å². The number of allylic oxidation sites excluding steroid dienone is 2. The largest absolute Gasteiger partial charge is 0.497 e. The van der Waals surface area contributed by atoms with Crippen LogP contribution in [0.5, 0.6) is 0 Å². The molecule has 2 unspecified atom stereocenters. The summed E-state index contributed by atoms with van der Waals surface area (Å²) in [5.41, 5.74) is 2.96. The van der Waals surface area contributed by atoms with E-state index in [2.05, 4.69) is 6.07 Å². The van der Waals surface area contributed by atoms with E-state index in [1.54, 1.807) is 34.9 Å². The molecule has 6 heteroatoms. The van der Waals surface area contributed by atoms with Crippen molar-refractivity contribution in [2.24, 2.45) is 5.92 Å². The van der Waals surface area contributed by atoms with E-state index >= 15 is 0 Å². The zero-order chi connectivity index (χ0) is 17.6. The molecule has 2 aliphatic rings. The molecule has 2 heterocycles. The molecule has 25 heavy (non-hydrogen) atoms. The fourth-order valence-electron chi connectivity index (χ4n) is 3.48. The van der Waals surface area contributed by atoms with Gasteiger partial charge in [-0.05, 0) is 34.7 Å². The molecule has 0 saturated carbocycles. The predicted molar refractivity (Wildman–Crippen MR) is 102 cm³/mol. The van der Waals surface area contributed by atoms with Crippen molar-refractivity contribution >= 4 is 27.0 Å². The molecule has 130 valence electrons. The molecule has 4 nitrogen and oxygen atoms in total. The van der Waals surface area contributed by atoms with Crippen LogP contribution in [0.4, 0.5) is 5.69 Å². The fourth-order valence-corrected chi connectivity index (χ4v) is 6.43. The number of anilines is 1. The van der Waals surface area contributed by atoms with Gasteiger partial charge in [0, 0.05) is 5.92 Å². The van der Waals surface area contributed by atoms with E-state index in [1.807, 2.05) is 42.6 Å². The first-order valence-electron chi connectivity index (χ1n) is 8.13. The summed E-state index contributed by atoms with van der Waals surface area (Å²) < 4.78 is 33.6. The molecule has 0 saturated heterocycles. The number of sulfonamides is 1. The van der Waals surface area contributed by atoms with Crippen LogP contribution in [-0.2, 0) is 21.3 Å². The number of methoxy groups -OCH3 is 1. The maximum Gasteiger partial charge on any atom is 0.242 e. The van der Waals surface area contributed by atoms with Crippen LogP contribution in [0.25, 0.3) is 10.4 Å². The molecular weight excluding hydrogens is 354 g/mol. The summed E-state index contributed by atoms with van der Waals surface area (Å²) in [6.07, 6.45) is 5.36. The Balaban J connectivity index is 1.76. The zero-order valence-corrected chi connectivity index (χ0v) is 15.7. The van der Waals surface area contributed by atoms with E-state index in [4.69, 9.17) is 4.74 Å². The van der Waals surface area contributed by atoms with Gasteiger partial charge in [-0.15, -0.1) is 11.3 Å². The molecular formula is C19H19NO3S2. The lowest BCUT2D eigenvalue weighted by Gasteiger charge is -2.34. The number of nitrogens with zero attached hydrogens (tertiary/aromatic N) is 1. The zero-order valence-electron chi connectivity index (χ0n) is 14.0. The van der Waals surface area contributed by atoms with Gasteiger partial charge in [0.15, 0.2) is 0 Å². The van der Waals surface area contributed by atoms with Gasteiger partial charge in [-0.2, -0.15) is 0 Å². The summed E-state index contributed by atoms with van der Waals surface area (Å²) in [6, 6.07) is 9.92. The van der Waals surface area contributed by atoms with Gasteiger partial charge in [-0.3, -0.25) is 4.31 Å². The van der Waals surface area contributed by atoms with Crippen LogP contribution in [0.15, 0.2) is 59.7 Å². The third kappa shape index (κ3) is 2.60. The molecule has 0 bridgehead atoms. The highest BCUT2D eigenvalue weighted by molar-refractivity contribution is 7.93. The van der Waals surface area contributed by atoms with Crippen molar-refractivity contribution in [1.29, 1.82) is 0 Å². The highest BCUT2D eigenvalue weighted by atomic mass is 32.2. The summed E-state index contributed by atoms with van der Waals surface area (Å²) >= 11 is 1.58. The summed E-state index contributed by atoms with van der Waals surface area (Å²) in [7, 11) is -1.94. The van der Waals surface area contributed by atoms with E-state index in [0.717, 1.165) is 21.7 Å². The van der Waals surface area contributed by atoms with Crippen molar-refractivity contribution in [1.82, 2.24) is 0 Å². The number of hydrogen-bond acceptors (Lipinski definition) is 4. The number of ether oxygens (including phenoxy) is 1. The van der Waals surface area contributed by atoms with Crippen LogP contribution in [0.3, 0.4) is 0 Å². The van der Waals surface area contributed by atoms with Gasteiger partial charge in [0.05, 0.1) is 24.2 Å². The highest BCUT2D eigenvalue weighted by Gasteiger charge is 2.38.